The third kappa shape index (κ3) is 4.52. The minimum absolute atomic E-state index is 0.0539. The minimum atomic E-state index is -0.631. The number of aromatic nitrogens is 2. The van der Waals surface area contributed by atoms with Crippen LogP contribution in [0.3, 0.4) is 0 Å². The first kappa shape index (κ1) is 21.6. The molecule has 0 spiro atoms. The van der Waals surface area contributed by atoms with E-state index < -0.39 is 12.1 Å². The zero-order valence-electron chi connectivity index (χ0n) is 17.8. The van der Waals surface area contributed by atoms with E-state index in [1.165, 1.54) is 16.9 Å². The van der Waals surface area contributed by atoms with Crippen molar-refractivity contribution in [1.29, 1.82) is 0 Å². The maximum Gasteiger partial charge on any atom is 0.407 e. The van der Waals surface area contributed by atoms with E-state index in [4.69, 9.17) is 4.74 Å². The van der Waals surface area contributed by atoms with Crippen LogP contribution in [0.5, 0.6) is 0 Å². The molecule has 0 bridgehead atoms. The molecule has 2 N–H and O–H groups in total. The first-order valence-electron chi connectivity index (χ1n) is 10.3. The molecule has 3 aromatic heterocycles. The molecule has 9 heteroatoms. The zero-order chi connectivity index (χ0) is 22.0. The second kappa shape index (κ2) is 9.23. The molecule has 1 aliphatic rings. The van der Waals surface area contributed by atoms with Crippen molar-refractivity contribution in [2.24, 2.45) is 5.92 Å². The lowest BCUT2D eigenvalue weighted by molar-refractivity contribution is -0.135. The van der Waals surface area contributed by atoms with Gasteiger partial charge in [0.25, 0.3) is 0 Å². The number of carbonyl (C=O) groups is 2. The van der Waals surface area contributed by atoms with Gasteiger partial charge in [0.15, 0.2) is 0 Å². The van der Waals surface area contributed by atoms with Crippen molar-refractivity contribution < 1.29 is 14.3 Å². The SMILES string of the molecule is COC(=O)NC(C(=O)N1CCC[C@H]1c1ncc(-c2ccc(-c3cccs3)s2)[nH]1)C(C)C. The number of rotatable bonds is 6. The molecule has 3 aromatic rings. The molecule has 1 fully saturated rings. The number of alkyl carbamates (subject to hydrolysis) is 1. The van der Waals surface area contributed by atoms with E-state index in [1.807, 2.05) is 24.9 Å². The Kier molecular flexibility index (Phi) is 6.43. The Morgan fingerprint density at radius 2 is 2.06 bits per heavy atom. The average Bonchev–Trinajstić information content (AvgIpc) is 3.56. The van der Waals surface area contributed by atoms with Gasteiger partial charge in [0, 0.05) is 16.3 Å². The molecule has 164 valence electrons. The summed E-state index contributed by atoms with van der Waals surface area (Å²) in [5, 5.41) is 4.76. The fourth-order valence-corrected chi connectivity index (χ4v) is 5.66. The van der Waals surface area contributed by atoms with Crippen molar-refractivity contribution in [3.63, 3.8) is 0 Å². The highest BCUT2D eigenvalue weighted by Crippen LogP contribution is 2.37. The molecular formula is C22H26N4O3S2. The van der Waals surface area contributed by atoms with E-state index in [2.05, 4.69) is 44.9 Å². The number of methoxy groups -OCH3 is 1. The van der Waals surface area contributed by atoms with Crippen LogP contribution in [-0.4, -0.2) is 46.6 Å². The van der Waals surface area contributed by atoms with Gasteiger partial charge < -0.3 is 19.9 Å². The molecular weight excluding hydrogens is 432 g/mol. The van der Waals surface area contributed by atoms with Crippen LogP contribution in [0.15, 0.2) is 35.8 Å². The van der Waals surface area contributed by atoms with Gasteiger partial charge in [0.1, 0.15) is 11.9 Å². The maximum atomic E-state index is 13.3. The van der Waals surface area contributed by atoms with Crippen LogP contribution >= 0.6 is 22.7 Å². The summed E-state index contributed by atoms with van der Waals surface area (Å²) in [5.74, 6) is 0.631. The molecule has 0 aromatic carbocycles. The van der Waals surface area contributed by atoms with Crippen molar-refractivity contribution in [2.45, 2.75) is 38.8 Å². The van der Waals surface area contributed by atoms with Crippen molar-refractivity contribution in [2.75, 3.05) is 13.7 Å². The molecule has 0 saturated carbocycles. The highest BCUT2D eigenvalue weighted by molar-refractivity contribution is 7.23. The molecule has 1 unspecified atom stereocenters. The van der Waals surface area contributed by atoms with Gasteiger partial charge in [-0.1, -0.05) is 19.9 Å². The van der Waals surface area contributed by atoms with Crippen LogP contribution in [0, 0.1) is 5.92 Å². The number of aromatic amines is 1. The van der Waals surface area contributed by atoms with Gasteiger partial charge >= 0.3 is 6.09 Å². The highest BCUT2D eigenvalue weighted by Gasteiger charge is 2.37. The van der Waals surface area contributed by atoms with Gasteiger partial charge in [-0.3, -0.25) is 4.79 Å². The largest absolute Gasteiger partial charge is 0.453 e. The van der Waals surface area contributed by atoms with Gasteiger partial charge in [0.2, 0.25) is 5.91 Å². The Morgan fingerprint density at radius 3 is 2.77 bits per heavy atom. The van der Waals surface area contributed by atoms with Crippen LogP contribution in [0.2, 0.25) is 0 Å². The predicted molar refractivity (Wildman–Crippen MR) is 123 cm³/mol. The molecule has 1 saturated heterocycles. The third-order valence-corrected chi connectivity index (χ3v) is 7.66. The molecule has 31 heavy (non-hydrogen) atoms. The molecule has 2 atom stereocenters. The van der Waals surface area contributed by atoms with Crippen molar-refractivity contribution in [3.05, 3.63) is 41.7 Å². The highest BCUT2D eigenvalue weighted by atomic mass is 32.1. The number of hydrogen-bond acceptors (Lipinski definition) is 6. The summed E-state index contributed by atoms with van der Waals surface area (Å²) < 4.78 is 4.70. The van der Waals surface area contributed by atoms with Crippen LogP contribution in [0.25, 0.3) is 20.3 Å². The van der Waals surface area contributed by atoms with Crippen molar-refractivity contribution in [3.8, 4) is 20.3 Å². The third-order valence-electron chi connectivity index (χ3n) is 5.47. The first-order chi connectivity index (χ1) is 15.0. The Labute approximate surface area is 189 Å². The summed E-state index contributed by atoms with van der Waals surface area (Å²) in [6.45, 7) is 4.47. The summed E-state index contributed by atoms with van der Waals surface area (Å²) in [5.41, 5.74) is 0.954. The van der Waals surface area contributed by atoms with Gasteiger partial charge in [0.05, 0.1) is 29.9 Å². The zero-order valence-corrected chi connectivity index (χ0v) is 19.4. The topological polar surface area (TPSA) is 87.3 Å². The van der Waals surface area contributed by atoms with E-state index in [0.717, 1.165) is 29.2 Å². The van der Waals surface area contributed by atoms with Gasteiger partial charge in [-0.05, 0) is 42.3 Å². The van der Waals surface area contributed by atoms with Gasteiger partial charge in [-0.15, -0.1) is 22.7 Å². The quantitative estimate of drug-likeness (QED) is 0.549. The second-order valence-corrected chi connectivity index (χ2v) is 9.90. The van der Waals surface area contributed by atoms with E-state index >= 15 is 0 Å². The Balaban J connectivity index is 1.52. The summed E-state index contributed by atoms with van der Waals surface area (Å²) in [4.78, 5) is 38.4. The summed E-state index contributed by atoms with van der Waals surface area (Å²) >= 11 is 3.45. The fraction of sp³-hybridized carbons (Fsp3) is 0.409. The Hall–Kier alpha value is -2.65. The van der Waals surface area contributed by atoms with E-state index in [1.54, 1.807) is 22.7 Å². The van der Waals surface area contributed by atoms with Gasteiger partial charge in [-0.2, -0.15) is 0 Å². The molecule has 4 rings (SSSR count). The van der Waals surface area contributed by atoms with Crippen molar-refractivity contribution in [1.82, 2.24) is 20.2 Å². The van der Waals surface area contributed by atoms with Gasteiger partial charge in [-0.25, -0.2) is 9.78 Å². The standard InChI is InChI=1S/C22H26N4O3S2/c1-13(2)19(25-22(28)29-3)21(27)26-10-4-6-15(26)20-23-12-14(24-20)16-8-9-18(31-16)17-7-5-11-30-17/h5,7-9,11-13,15,19H,4,6,10H2,1-3H3,(H,23,24)(H,25,28)/t15-,19?/m0/s1. The lowest BCUT2D eigenvalue weighted by Gasteiger charge is -2.30. The number of thiophene rings is 2. The number of H-pyrrole nitrogens is 1. The van der Waals surface area contributed by atoms with Crippen LogP contribution in [0.1, 0.15) is 38.6 Å². The average molecular weight is 459 g/mol. The summed E-state index contributed by atoms with van der Waals surface area (Å²) in [7, 11) is 1.30. The molecule has 0 radical (unpaired) electrons. The number of amides is 2. The number of carbonyl (C=O) groups excluding carboxylic acids is 2. The normalized spacial score (nSPS) is 17.2. The molecule has 4 heterocycles. The van der Waals surface area contributed by atoms with Crippen molar-refractivity contribution >= 4 is 34.7 Å². The number of nitrogens with zero attached hydrogens (tertiary/aromatic N) is 2. The van der Waals surface area contributed by atoms with Crippen LogP contribution in [-0.2, 0) is 9.53 Å². The Bertz CT molecular complexity index is 1040. The molecule has 1 aliphatic heterocycles. The maximum absolute atomic E-state index is 13.3. The van der Waals surface area contributed by atoms with E-state index in [-0.39, 0.29) is 17.9 Å². The monoisotopic (exact) mass is 458 g/mol. The number of likely N-dealkylation sites (tertiary alicyclic amines) is 1. The Morgan fingerprint density at radius 1 is 1.26 bits per heavy atom. The van der Waals surface area contributed by atoms with E-state index in [9.17, 15) is 9.59 Å². The smallest absolute Gasteiger partial charge is 0.407 e. The molecule has 2 amide bonds. The lowest BCUT2D eigenvalue weighted by Crippen LogP contribution is -2.51. The minimum Gasteiger partial charge on any atom is -0.453 e. The number of ether oxygens (including phenoxy) is 1. The lowest BCUT2D eigenvalue weighted by atomic mass is 10.0. The van der Waals surface area contributed by atoms with E-state index in [0.29, 0.717) is 6.54 Å². The molecule has 0 aliphatic carbocycles. The van der Waals surface area contributed by atoms with Crippen LogP contribution in [0.4, 0.5) is 4.79 Å². The number of imidazole rings is 1. The second-order valence-electron chi connectivity index (χ2n) is 7.87. The predicted octanol–water partition coefficient (Wildman–Crippen LogP) is 4.91. The summed E-state index contributed by atoms with van der Waals surface area (Å²) in [6, 6.07) is 7.65. The number of nitrogens with one attached hydrogen (secondary N) is 2. The molecule has 7 nitrogen and oxygen atoms in total. The number of hydrogen-bond donors (Lipinski definition) is 2. The fourth-order valence-electron chi connectivity index (χ4n) is 3.86. The first-order valence-corrected chi connectivity index (χ1v) is 12.0. The summed E-state index contributed by atoms with van der Waals surface area (Å²) in [6.07, 6.45) is 2.98. The van der Waals surface area contributed by atoms with Crippen LogP contribution < -0.4 is 5.32 Å².